The number of nitrogens with zero attached hydrogens (tertiary/aromatic N) is 1. The number of ether oxygens (including phenoxy) is 1. The van der Waals surface area contributed by atoms with Gasteiger partial charge in [0.2, 0.25) is 5.91 Å². The number of aromatic hydroxyl groups is 1. The second kappa shape index (κ2) is 7.55. The van der Waals surface area contributed by atoms with E-state index in [0.29, 0.717) is 13.1 Å². The Morgan fingerprint density at radius 1 is 1.21 bits per heavy atom. The molecule has 24 heavy (non-hydrogen) atoms. The Labute approximate surface area is 142 Å². The molecule has 1 aromatic carbocycles. The summed E-state index contributed by atoms with van der Waals surface area (Å²) >= 11 is 0. The number of piperidine rings is 1. The van der Waals surface area contributed by atoms with Crippen LogP contribution in [0.25, 0.3) is 0 Å². The predicted octanol–water partition coefficient (Wildman–Crippen LogP) is 2.45. The fourth-order valence-corrected chi connectivity index (χ4v) is 2.61. The summed E-state index contributed by atoms with van der Waals surface area (Å²) in [6.07, 6.45) is 1.43. The average Bonchev–Trinajstić information content (AvgIpc) is 2.48. The van der Waals surface area contributed by atoms with Crippen LogP contribution in [0.3, 0.4) is 0 Å². The molecule has 6 heteroatoms. The van der Waals surface area contributed by atoms with Gasteiger partial charge in [0.05, 0.1) is 6.42 Å². The van der Waals surface area contributed by atoms with Crippen LogP contribution in [0.5, 0.6) is 5.75 Å². The zero-order valence-electron chi connectivity index (χ0n) is 14.5. The first-order valence-corrected chi connectivity index (χ1v) is 8.28. The number of hydrogen-bond acceptors (Lipinski definition) is 4. The smallest absolute Gasteiger partial charge is 0.410 e. The van der Waals surface area contributed by atoms with Gasteiger partial charge in [-0.1, -0.05) is 12.1 Å². The van der Waals surface area contributed by atoms with Crippen LogP contribution in [0.1, 0.15) is 39.2 Å². The van der Waals surface area contributed by atoms with E-state index < -0.39 is 5.60 Å². The molecule has 2 amide bonds. The second-order valence-electron chi connectivity index (χ2n) is 7.15. The molecule has 1 aliphatic rings. The summed E-state index contributed by atoms with van der Waals surface area (Å²) in [5.41, 5.74) is 0.364. The third-order valence-electron chi connectivity index (χ3n) is 3.81. The highest BCUT2D eigenvalue weighted by Gasteiger charge is 2.27. The Morgan fingerprint density at radius 3 is 2.33 bits per heavy atom. The molecule has 0 bridgehead atoms. The van der Waals surface area contributed by atoms with Gasteiger partial charge >= 0.3 is 6.09 Å². The molecular weight excluding hydrogens is 308 g/mol. The molecular formula is C18H26N2O4. The van der Waals surface area contributed by atoms with Crippen LogP contribution in [-0.2, 0) is 16.0 Å². The maximum atomic E-state index is 12.1. The fourth-order valence-electron chi connectivity index (χ4n) is 2.61. The molecule has 1 heterocycles. The number of likely N-dealkylation sites (tertiary alicyclic amines) is 1. The molecule has 0 spiro atoms. The predicted molar refractivity (Wildman–Crippen MR) is 90.8 cm³/mol. The largest absolute Gasteiger partial charge is 0.508 e. The van der Waals surface area contributed by atoms with Crippen LogP contribution < -0.4 is 5.32 Å². The van der Waals surface area contributed by atoms with E-state index in [9.17, 15) is 14.7 Å². The topological polar surface area (TPSA) is 78.9 Å². The van der Waals surface area contributed by atoms with Crippen molar-refractivity contribution in [2.24, 2.45) is 0 Å². The molecule has 1 saturated heterocycles. The average molecular weight is 334 g/mol. The van der Waals surface area contributed by atoms with Crippen LogP contribution in [-0.4, -0.2) is 46.7 Å². The summed E-state index contributed by atoms with van der Waals surface area (Å²) in [5.74, 6) is 0.144. The molecule has 132 valence electrons. The molecule has 0 saturated carbocycles. The monoisotopic (exact) mass is 334 g/mol. The number of carbonyl (C=O) groups excluding carboxylic acids is 2. The molecule has 2 rings (SSSR count). The lowest BCUT2D eigenvalue weighted by molar-refractivity contribution is -0.121. The van der Waals surface area contributed by atoms with Crippen LogP contribution in [0, 0.1) is 0 Å². The van der Waals surface area contributed by atoms with Crippen molar-refractivity contribution in [3.05, 3.63) is 29.8 Å². The standard InChI is InChI=1S/C18H26N2O4/c1-18(2,3)24-17(23)20-10-8-14(9-11-20)19-16(22)12-13-4-6-15(21)7-5-13/h4-7,14,21H,8-12H2,1-3H3,(H,19,22). The van der Waals surface area contributed by atoms with Crippen LogP contribution in [0.15, 0.2) is 24.3 Å². The minimum atomic E-state index is -0.494. The van der Waals surface area contributed by atoms with Crippen molar-refractivity contribution in [1.29, 1.82) is 0 Å². The number of phenolic OH excluding ortho intramolecular Hbond substituents is 1. The number of amides is 2. The summed E-state index contributed by atoms with van der Waals surface area (Å²) < 4.78 is 5.36. The Hall–Kier alpha value is -2.24. The van der Waals surface area contributed by atoms with Gasteiger partial charge in [0.1, 0.15) is 11.4 Å². The van der Waals surface area contributed by atoms with E-state index >= 15 is 0 Å². The molecule has 0 unspecified atom stereocenters. The zero-order valence-corrected chi connectivity index (χ0v) is 14.5. The van der Waals surface area contributed by atoms with Gasteiger partial charge in [0.15, 0.2) is 0 Å². The lowest BCUT2D eigenvalue weighted by atomic mass is 10.0. The number of carbonyl (C=O) groups is 2. The van der Waals surface area contributed by atoms with Crippen LogP contribution >= 0.6 is 0 Å². The van der Waals surface area contributed by atoms with Crippen molar-refractivity contribution in [1.82, 2.24) is 10.2 Å². The van der Waals surface area contributed by atoms with E-state index in [1.807, 2.05) is 20.8 Å². The molecule has 0 aromatic heterocycles. The highest BCUT2D eigenvalue weighted by molar-refractivity contribution is 5.79. The number of benzene rings is 1. The first-order valence-electron chi connectivity index (χ1n) is 8.28. The van der Waals surface area contributed by atoms with Gasteiger partial charge in [-0.2, -0.15) is 0 Å². The van der Waals surface area contributed by atoms with Crippen molar-refractivity contribution in [2.45, 2.75) is 51.7 Å². The van der Waals surface area contributed by atoms with Gasteiger partial charge in [-0.25, -0.2) is 4.79 Å². The number of rotatable bonds is 3. The Bertz CT molecular complexity index is 570. The van der Waals surface area contributed by atoms with E-state index in [0.717, 1.165) is 18.4 Å². The van der Waals surface area contributed by atoms with Crippen LogP contribution in [0.4, 0.5) is 4.79 Å². The Morgan fingerprint density at radius 2 is 1.79 bits per heavy atom. The molecule has 0 atom stereocenters. The van der Waals surface area contributed by atoms with Gasteiger partial charge in [0.25, 0.3) is 0 Å². The first kappa shape index (κ1) is 18.1. The van der Waals surface area contributed by atoms with Crippen molar-refractivity contribution in [2.75, 3.05) is 13.1 Å². The maximum Gasteiger partial charge on any atom is 0.410 e. The number of phenols is 1. The van der Waals surface area contributed by atoms with Crippen molar-refractivity contribution < 1.29 is 19.4 Å². The first-order chi connectivity index (χ1) is 11.2. The summed E-state index contributed by atoms with van der Waals surface area (Å²) in [7, 11) is 0. The zero-order chi connectivity index (χ0) is 17.7. The lowest BCUT2D eigenvalue weighted by Crippen LogP contribution is -2.48. The molecule has 2 N–H and O–H groups in total. The fraction of sp³-hybridized carbons (Fsp3) is 0.556. The Kier molecular flexibility index (Phi) is 5.70. The van der Waals surface area contributed by atoms with Crippen molar-refractivity contribution in [3.8, 4) is 5.75 Å². The molecule has 1 aromatic rings. The number of hydrogen-bond donors (Lipinski definition) is 2. The van der Waals surface area contributed by atoms with E-state index in [2.05, 4.69) is 5.32 Å². The molecule has 1 aliphatic heterocycles. The van der Waals surface area contributed by atoms with Crippen molar-refractivity contribution >= 4 is 12.0 Å². The van der Waals surface area contributed by atoms with Gasteiger partial charge in [-0.05, 0) is 51.3 Å². The summed E-state index contributed by atoms with van der Waals surface area (Å²) in [4.78, 5) is 25.8. The van der Waals surface area contributed by atoms with Crippen LogP contribution in [0.2, 0.25) is 0 Å². The minimum Gasteiger partial charge on any atom is -0.508 e. The van der Waals surface area contributed by atoms with E-state index in [1.165, 1.54) is 0 Å². The molecule has 0 radical (unpaired) electrons. The third-order valence-corrected chi connectivity index (χ3v) is 3.81. The SMILES string of the molecule is CC(C)(C)OC(=O)N1CCC(NC(=O)Cc2ccc(O)cc2)CC1. The third kappa shape index (κ3) is 5.76. The normalized spacial score (nSPS) is 15.9. The highest BCUT2D eigenvalue weighted by Crippen LogP contribution is 2.16. The summed E-state index contributed by atoms with van der Waals surface area (Å²) in [6, 6.07) is 6.69. The summed E-state index contributed by atoms with van der Waals surface area (Å²) in [6.45, 7) is 6.71. The maximum absolute atomic E-state index is 12.1. The van der Waals surface area contributed by atoms with E-state index in [-0.39, 0.29) is 30.2 Å². The van der Waals surface area contributed by atoms with Gasteiger partial charge in [-0.3, -0.25) is 4.79 Å². The van der Waals surface area contributed by atoms with E-state index in [1.54, 1.807) is 29.2 Å². The highest BCUT2D eigenvalue weighted by atomic mass is 16.6. The lowest BCUT2D eigenvalue weighted by Gasteiger charge is -2.33. The quantitative estimate of drug-likeness (QED) is 0.890. The van der Waals surface area contributed by atoms with Gasteiger partial charge < -0.3 is 20.1 Å². The molecule has 6 nitrogen and oxygen atoms in total. The van der Waals surface area contributed by atoms with Crippen molar-refractivity contribution in [3.63, 3.8) is 0 Å². The minimum absolute atomic E-state index is 0.0450. The summed E-state index contributed by atoms with van der Waals surface area (Å²) in [5, 5.41) is 12.3. The number of nitrogens with one attached hydrogen (secondary N) is 1. The second-order valence-corrected chi connectivity index (χ2v) is 7.15. The Balaban J connectivity index is 1.75. The molecule has 0 aliphatic carbocycles. The van der Waals surface area contributed by atoms with E-state index in [4.69, 9.17) is 4.74 Å². The van der Waals surface area contributed by atoms with Gasteiger partial charge in [-0.15, -0.1) is 0 Å². The van der Waals surface area contributed by atoms with Gasteiger partial charge in [0, 0.05) is 19.1 Å². The molecule has 1 fully saturated rings.